The maximum Gasteiger partial charge on any atom is 0.705 e. The van der Waals surface area contributed by atoms with Crippen LogP contribution in [0.25, 0.3) is 0 Å². The third kappa shape index (κ3) is 5.88. The van der Waals surface area contributed by atoms with Crippen LogP contribution in [0, 0.1) is 0 Å². The molecule has 0 amide bonds. The van der Waals surface area contributed by atoms with E-state index < -0.39 is 47.2 Å². The van der Waals surface area contributed by atoms with Crippen LogP contribution >= 0.6 is 16.1 Å². The molecule has 1 fully saturated rings. The molecular formula is C14H25N4O9P2+. The van der Waals surface area contributed by atoms with E-state index in [0.717, 1.165) is 5.70 Å². The molecule has 0 aromatic rings. The van der Waals surface area contributed by atoms with Gasteiger partial charge < -0.3 is 25.2 Å². The first kappa shape index (κ1) is 24.0. The van der Waals surface area contributed by atoms with E-state index in [9.17, 15) is 24.2 Å². The molecule has 15 heteroatoms. The molecule has 2 aliphatic heterocycles. The molecule has 164 valence electrons. The second-order valence-electron chi connectivity index (χ2n) is 6.35. The molecule has 0 spiro atoms. The lowest BCUT2D eigenvalue weighted by Gasteiger charge is -2.41. The molecule has 0 aromatic carbocycles. The number of phosphoric ester groups is 1. The molecule has 29 heavy (non-hydrogen) atoms. The number of aliphatic hydroxyl groups is 2. The Morgan fingerprint density at radius 2 is 2.17 bits per heavy atom. The quantitative estimate of drug-likeness (QED) is 0.177. The van der Waals surface area contributed by atoms with Crippen molar-refractivity contribution in [1.29, 1.82) is 0 Å². The van der Waals surface area contributed by atoms with Gasteiger partial charge in [0.15, 0.2) is 12.0 Å². The number of aliphatic hydroxyl groups excluding tert-OH is 2. The Hall–Kier alpha value is -1.27. The fourth-order valence-corrected chi connectivity index (χ4v) is 4.31. The lowest BCUT2D eigenvalue weighted by atomic mass is 10.1. The minimum Gasteiger partial charge on any atom is -0.387 e. The zero-order valence-corrected chi connectivity index (χ0v) is 17.6. The van der Waals surface area contributed by atoms with Crippen LogP contribution in [-0.4, -0.2) is 81.7 Å². The summed E-state index contributed by atoms with van der Waals surface area (Å²) in [5.74, 6) is 0.449. The Bertz CT molecular complexity index is 734. The second kappa shape index (κ2) is 10.2. The number of phosphoric acid groups is 1. The SMILES string of the molecule is C=NC=NC1=C(CC)NCC(C)N1C1OC(COP(=O)(O)O[P+](=O)O)C(O)C1O. The fraction of sp³-hybridized carbons (Fsp3) is 0.714. The minimum atomic E-state index is -4.84. The summed E-state index contributed by atoms with van der Waals surface area (Å²) in [4.78, 5) is 27.5. The number of hydrogen-bond acceptors (Lipinski definition) is 10. The lowest BCUT2D eigenvalue weighted by molar-refractivity contribution is -0.0982. The molecule has 0 bridgehead atoms. The van der Waals surface area contributed by atoms with Crippen LogP contribution in [0.1, 0.15) is 20.3 Å². The molecule has 5 N–H and O–H groups in total. The summed E-state index contributed by atoms with van der Waals surface area (Å²) in [7, 11) is -8.20. The van der Waals surface area contributed by atoms with E-state index in [1.165, 1.54) is 6.34 Å². The summed E-state index contributed by atoms with van der Waals surface area (Å²) in [6.45, 7) is 6.98. The average Bonchev–Trinajstić information content (AvgIpc) is 2.92. The van der Waals surface area contributed by atoms with Gasteiger partial charge in [0.05, 0.1) is 12.3 Å². The molecule has 7 atom stereocenters. The minimum absolute atomic E-state index is 0.195. The van der Waals surface area contributed by atoms with Crippen LogP contribution in [0.15, 0.2) is 21.5 Å². The van der Waals surface area contributed by atoms with Crippen molar-refractivity contribution in [2.45, 2.75) is 50.8 Å². The van der Waals surface area contributed by atoms with E-state index in [-0.39, 0.29) is 6.04 Å². The zero-order chi connectivity index (χ0) is 21.8. The summed E-state index contributed by atoms with van der Waals surface area (Å²) in [5, 5.41) is 24.1. The van der Waals surface area contributed by atoms with Gasteiger partial charge in [-0.1, -0.05) is 6.92 Å². The maximum atomic E-state index is 11.6. The average molecular weight is 455 g/mol. The van der Waals surface area contributed by atoms with Gasteiger partial charge in [0, 0.05) is 17.2 Å². The van der Waals surface area contributed by atoms with Crippen LogP contribution in [0.2, 0.25) is 0 Å². The van der Waals surface area contributed by atoms with E-state index in [2.05, 4.69) is 30.9 Å². The molecule has 7 unspecified atom stereocenters. The van der Waals surface area contributed by atoms with Crippen LogP contribution < -0.4 is 5.32 Å². The molecule has 2 aliphatic rings. The smallest absolute Gasteiger partial charge is 0.387 e. The van der Waals surface area contributed by atoms with Crippen molar-refractivity contribution in [1.82, 2.24) is 10.2 Å². The van der Waals surface area contributed by atoms with Gasteiger partial charge >= 0.3 is 16.1 Å². The van der Waals surface area contributed by atoms with E-state index in [4.69, 9.17) is 9.63 Å². The van der Waals surface area contributed by atoms with Crippen molar-refractivity contribution in [3.05, 3.63) is 11.5 Å². The van der Waals surface area contributed by atoms with Crippen molar-refractivity contribution in [2.75, 3.05) is 13.2 Å². The molecule has 0 aromatic heterocycles. The highest BCUT2D eigenvalue weighted by molar-refractivity contribution is 7.55. The van der Waals surface area contributed by atoms with Crippen molar-refractivity contribution in [3.8, 4) is 0 Å². The lowest BCUT2D eigenvalue weighted by Crippen LogP contribution is -2.53. The van der Waals surface area contributed by atoms with Crippen molar-refractivity contribution >= 4 is 29.1 Å². The molecule has 13 nitrogen and oxygen atoms in total. The first-order chi connectivity index (χ1) is 13.6. The summed E-state index contributed by atoms with van der Waals surface area (Å²) in [6.07, 6.45) is -3.25. The summed E-state index contributed by atoms with van der Waals surface area (Å²) in [6, 6.07) is -0.195. The third-order valence-electron chi connectivity index (χ3n) is 4.40. The molecule has 2 heterocycles. The number of nitrogens with one attached hydrogen (secondary N) is 1. The Morgan fingerprint density at radius 3 is 2.76 bits per heavy atom. The predicted molar refractivity (Wildman–Crippen MR) is 102 cm³/mol. The number of nitrogens with zero attached hydrogens (tertiary/aromatic N) is 3. The predicted octanol–water partition coefficient (Wildman–Crippen LogP) is -0.182. The van der Waals surface area contributed by atoms with E-state index in [1.807, 2.05) is 13.8 Å². The number of rotatable bonds is 9. The summed E-state index contributed by atoms with van der Waals surface area (Å²) in [5.41, 5.74) is 0.771. The van der Waals surface area contributed by atoms with Gasteiger partial charge in [-0.15, -0.1) is 4.89 Å². The normalized spacial score (nSPS) is 33.0. The van der Waals surface area contributed by atoms with Crippen molar-refractivity contribution in [2.24, 2.45) is 9.98 Å². The second-order valence-corrected chi connectivity index (χ2v) is 8.67. The third-order valence-corrected chi connectivity index (χ3v) is 6.26. The number of allylic oxidation sites excluding steroid dienone is 1. The molecule has 1 saturated heterocycles. The Labute approximate surface area is 168 Å². The molecule has 0 radical (unpaired) electrons. The fourth-order valence-electron chi connectivity index (χ4n) is 3.08. The van der Waals surface area contributed by atoms with Crippen LogP contribution in [0.4, 0.5) is 0 Å². The first-order valence-electron chi connectivity index (χ1n) is 8.69. The van der Waals surface area contributed by atoms with Gasteiger partial charge in [-0.2, -0.15) is 0 Å². The van der Waals surface area contributed by atoms with Gasteiger partial charge in [-0.25, -0.2) is 9.56 Å². The highest BCUT2D eigenvalue weighted by Gasteiger charge is 2.49. The van der Waals surface area contributed by atoms with E-state index in [1.54, 1.807) is 4.90 Å². The largest absolute Gasteiger partial charge is 0.705 e. The van der Waals surface area contributed by atoms with Gasteiger partial charge in [0.2, 0.25) is 0 Å². The van der Waals surface area contributed by atoms with Crippen molar-refractivity contribution in [3.63, 3.8) is 0 Å². The maximum absolute atomic E-state index is 11.6. The molecule has 0 aliphatic carbocycles. The highest BCUT2D eigenvalue weighted by Crippen LogP contribution is 2.51. The molecule has 2 rings (SSSR count). The zero-order valence-electron chi connectivity index (χ0n) is 15.9. The standard InChI is InChI=1S/C14H24N4O9P2/c1-4-9-13(17-7-15-3)18(8(2)5-16-9)14-12(20)11(19)10(26-14)6-25-29(23,24)27-28(21)22/h7-8,10-12,14,16,19-20H,3-6H2,1-2H3,(H-,21,22,23,24)/p+1. The van der Waals surface area contributed by atoms with E-state index >= 15 is 0 Å². The van der Waals surface area contributed by atoms with Crippen molar-refractivity contribution < 1.29 is 42.7 Å². The highest BCUT2D eigenvalue weighted by atomic mass is 31.2. The Kier molecular flexibility index (Phi) is 8.41. The van der Waals surface area contributed by atoms with Gasteiger partial charge in [0.1, 0.15) is 24.7 Å². The first-order valence-corrected chi connectivity index (χ1v) is 11.3. The monoisotopic (exact) mass is 455 g/mol. The van der Waals surface area contributed by atoms with Crippen LogP contribution in [0.3, 0.4) is 0 Å². The summed E-state index contributed by atoms with van der Waals surface area (Å²) < 4.78 is 36.3. The van der Waals surface area contributed by atoms with Gasteiger partial charge in [-0.05, 0) is 24.4 Å². The topological polar surface area (TPSA) is 183 Å². The van der Waals surface area contributed by atoms with Gasteiger partial charge in [0.25, 0.3) is 0 Å². The number of ether oxygens (including phenoxy) is 1. The summed E-state index contributed by atoms with van der Waals surface area (Å²) >= 11 is 0. The Balaban J connectivity index is 2.21. The Morgan fingerprint density at radius 1 is 1.48 bits per heavy atom. The van der Waals surface area contributed by atoms with E-state index in [0.29, 0.717) is 18.8 Å². The molecular weight excluding hydrogens is 430 g/mol. The number of aliphatic imine (C=N–C) groups is 2. The molecule has 0 saturated carbocycles. The van der Waals surface area contributed by atoms with Crippen LogP contribution in [-0.2, 0) is 22.7 Å². The number of hydrogen-bond donors (Lipinski definition) is 5. The van der Waals surface area contributed by atoms with Gasteiger partial charge in [-0.3, -0.25) is 14.4 Å². The van der Waals surface area contributed by atoms with Crippen LogP contribution in [0.5, 0.6) is 0 Å².